The molecule has 0 radical (unpaired) electrons. The number of pyridine rings is 1. The third-order valence-corrected chi connectivity index (χ3v) is 3.24. The van der Waals surface area contributed by atoms with Crippen molar-refractivity contribution in [2.24, 2.45) is 0 Å². The molecule has 0 fully saturated rings. The highest BCUT2D eigenvalue weighted by Crippen LogP contribution is 2.17. The maximum absolute atomic E-state index is 11.0. The van der Waals surface area contributed by atoms with Crippen molar-refractivity contribution in [1.29, 1.82) is 0 Å². The monoisotopic (exact) mass is 268 g/mol. The normalized spacial score (nSPS) is 10.8. The molecule has 0 aliphatic rings. The van der Waals surface area contributed by atoms with E-state index in [2.05, 4.69) is 15.3 Å². The Labute approximate surface area is 114 Å². The first-order valence-electron chi connectivity index (χ1n) is 6.13. The van der Waals surface area contributed by atoms with Crippen molar-refractivity contribution in [3.05, 3.63) is 53.5 Å². The predicted octanol–water partition coefficient (Wildman–Crippen LogP) is 1.88. The Hall–Kier alpha value is -2.76. The molecule has 2 heterocycles. The van der Waals surface area contributed by atoms with Gasteiger partial charge in [0.25, 0.3) is 0 Å². The number of aromatic carboxylic acids is 1. The van der Waals surface area contributed by atoms with Gasteiger partial charge in [0, 0.05) is 11.6 Å². The minimum absolute atomic E-state index is 0.0108. The van der Waals surface area contributed by atoms with Crippen LogP contribution in [0.2, 0.25) is 0 Å². The zero-order chi connectivity index (χ0) is 14.1. The predicted molar refractivity (Wildman–Crippen MR) is 72.6 cm³/mol. The van der Waals surface area contributed by atoms with Crippen LogP contribution in [0.3, 0.4) is 0 Å². The number of carboxylic acids is 1. The molecule has 6 nitrogen and oxygen atoms in total. The Balaban J connectivity index is 2.04. The Kier molecular flexibility index (Phi) is 2.90. The summed E-state index contributed by atoms with van der Waals surface area (Å²) >= 11 is 0. The molecule has 0 amide bonds. The molecular formula is C14H12N4O2. The summed E-state index contributed by atoms with van der Waals surface area (Å²) in [6.07, 6.45) is 1.74. The Morgan fingerprint density at radius 2 is 2.10 bits per heavy atom. The lowest BCUT2D eigenvalue weighted by Crippen LogP contribution is -2.06. The number of hydrogen-bond acceptors (Lipinski definition) is 4. The van der Waals surface area contributed by atoms with E-state index >= 15 is 0 Å². The molecule has 0 spiro atoms. The minimum Gasteiger partial charge on any atom is -0.476 e. The molecule has 2 aromatic heterocycles. The van der Waals surface area contributed by atoms with Crippen LogP contribution in [-0.4, -0.2) is 31.1 Å². The fourth-order valence-corrected chi connectivity index (χ4v) is 2.16. The van der Waals surface area contributed by atoms with E-state index in [1.165, 1.54) is 0 Å². The molecule has 100 valence electrons. The van der Waals surface area contributed by atoms with Gasteiger partial charge in [-0.2, -0.15) is 0 Å². The Morgan fingerprint density at radius 1 is 1.30 bits per heavy atom. The van der Waals surface area contributed by atoms with Gasteiger partial charge in [0.2, 0.25) is 0 Å². The van der Waals surface area contributed by atoms with Crippen LogP contribution in [0.25, 0.3) is 10.9 Å². The van der Waals surface area contributed by atoms with Gasteiger partial charge in [0.15, 0.2) is 5.69 Å². The van der Waals surface area contributed by atoms with Crippen LogP contribution in [0.5, 0.6) is 0 Å². The van der Waals surface area contributed by atoms with Crippen molar-refractivity contribution in [2.45, 2.75) is 13.5 Å². The van der Waals surface area contributed by atoms with Gasteiger partial charge in [-0.25, -0.2) is 9.48 Å². The van der Waals surface area contributed by atoms with Gasteiger partial charge >= 0.3 is 5.97 Å². The van der Waals surface area contributed by atoms with Gasteiger partial charge < -0.3 is 5.11 Å². The van der Waals surface area contributed by atoms with Crippen molar-refractivity contribution in [3.8, 4) is 0 Å². The molecule has 3 rings (SSSR count). The molecule has 0 aliphatic carbocycles. The van der Waals surface area contributed by atoms with E-state index in [0.29, 0.717) is 12.2 Å². The summed E-state index contributed by atoms with van der Waals surface area (Å²) in [5, 5.41) is 17.6. The first-order chi connectivity index (χ1) is 9.66. The molecule has 0 bridgehead atoms. The second kappa shape index (κ2) is 4.73. The number of hydrogen-bond donors (Lipinski definition) is 1. The number of carbonyl (C=O) groups is 1. The Morgan fingerprint density at radius 3 is 2.85 bits per heavy atom. The summed E-state index contributed by atoms with van der Waals surface area (Å²) in [6.45, 7) is 2.17. The number of fused-ring (bicyclic) bond motifs is 1. The van der Waals surface area contributed by atoms with Gasteiger partial charge in [0.1, 0.15) is 0 Å². The Bertz CT molecular complexity index is 789. The molecule has 1 aromatic carbocycles. The third-order valence-electron chi connectivity index (χ3n) is 3.24. The van der Waals surface area contributed by atoms with E-state index in [4.69, 9.17) is 5.11 Å². The number of benzene rings is 1. The van der Waals surface area contributed by atoms with Crippen LogP contribution in [0.15, 0.2) is 36.5 Å². The van der Waals surface area contributed by atoms with Crippen LogP contribution >= 0.6 is 0 Å². The minimum atomic E-state index is -1.06. The molecule has 3 aromatic rings. The summed E-state index contributed by atoms with van der Waals surface area (Å²) < 4.78 is 1.59. The molecule has 6 heteroatoms. The largest absolute Gasteiger partial charge is 0.476 e. The average Bonchev–Trinajstić information content (AvgIpc) is 2.81. The van der Waals surface area contributed by atoms with E-state index in [9.17, 15) is 4.79 Å². The summed E-state index contributed by atoms with van der Waals surface area (Å²) in [6, 6.07) is 9.72. The summed E-state index contributed by atoms with van der Waals surface area (Å²) in [7, 11) is 0. The lowest BCUT2D eigenvalue weighted by molar-refractivity contribution is 0.0689. The molecule has 0 unspecified atom stereocenters. The van der Waals surface area contributed by atoms with Crippen LogP contribution in [0.4, 0.5) is 0 Å². The van der Waals surface area contributed by atoms with Crippen molar-refractivity contribution in [1.82, 2.24) is 20.0 Å². The first-order valence-corrected chi connectivity index (χ1v) is 6.13. The zero-order valence-electron chi connectivity index (χ0n) is 10.8. The van der Waals surface area contributed by atoms with Gasteiger partial charge in [-0.1, -0.05) is 23.4 Å². The van der Waals surface area contributed by atoms with E-state index < -0.39 is 5.97 Å². The lowest BCUT2D eigenvalue weighted by atomic mass is 10.1. The number of rotatable bonds is 3. The van der Waals surface area contributed by atoms with E-state index in [-0.39, 0.29) is 5.69 Å². The summed E-state index contributed by atoms with van der Waals surface area (Å²) in [4.78, 5) is 15.3. The average molecular weight is 268 g/mol. The van der Waals surface area contributed by atoms with Crippen molar-refractivity contribution in [3.63, 3.8) is 0 Å². The van der Waals surface area contributed by atoms with Crippen molar-refractivity contribution >= 4 is 16.9 Å². The van der Waals surface area contributed by atoms with Gasteiger partial charge in [-0.15, -0.1) is 5.10 Å². The maximum atomic E-state index is 11.0. The van der Waals surface area contributed by atoms with E-state index in [1.54, 1.807) is 17.8 Å². The number of para-hydroxylation sites is 1. The van der Waals surface area contributed by atoms with E-state index in [0.717, 1.165) is 16.5 Å². The molecular weight excluding hydrogens is 256 g/mol. The summed E-state index contributed by atoms with van der Waals surface area (Å²) in [5.41, 5.74) is 2.46. The molecule has 0 saturated carbocycles. The van der Waals surface area contributed by atoms with Gasteiger partial charge in [-0.05, 0) is 24.6 Å². The highest BCUT2D eigenvalue weighted by Gasteiger charge is 2.15. The van der Waals surface area contributed by atoms with Crippen LogP contribution in [0.1, 0.15) is 21.7 Å². The molecule has 0 saturated heterocycles. The topological polar surface area (TPSA) is 80.9 Å². The number of carboxylic acid groups (broad SMARTS) is 1. The maximum Gasteiger partial charge on any atom is 0.358 e. The molecule has 0 atom stereocenters. The second-order valence-electron chi connectivity index (χ2n) is 4.47. The SMILES string of the molecule is Cc1c(C(=O)O)nnn1Cc1ccnc2ccccc12. The van der Waals surface area contributed by atoms with Crippen molar-refractivity contribution in [2.75, 3.05) is 0 Å². The zero-order valence-corrected chi connectivity index (χ0v) is 10.8. The summed E-state index contributed by atoms with van der Waals surface area (Å²) in [5.74, 6) is -1.06. The number of aromatic nitrogens is 4. The quantitative estimate of drug-likeness (QED) is 0.784. The van der Waals surface area contributed by atoms with Crippen LogP contribution < -0.4 is 0 Å². The number of nitrogens with zero attached hydrogens (tertiary/aromatic N) is 4. The second-order valence-corrected chi connectivity index (χ2v) is 4.47. The molecule has 20 heavy (non-hydrogen) atoms. The molecule has 0 aliphatic heterocycles. The first kappa shape index (κ1) is 12.3. The highest BCUT2D eigenvalue weighted by molar-refractivity contribution is 5.86. The van der Waals surface area contributed by atoms with Gasteiger partial charge in [0.05, 0.1) is 17.8 Å². The van der Waals surface area contributed by atoms with E-state index in [1.807, 2.05) is 30.3 Å². The molecule has 1 N–H and O–H groups in total. The fraction of sp³-hybridized carbons (Fsp3) is 0.143. The van der Waals surface area contributed by atoms with Crippen LogP contribution in [-0.2, 0) is 6.54 Å². The lowest BCUT2D eigenvalue weighted by Gasteiger charge is -2.07. The highest BCUT2D eigenvalue weighted by atomic mass is 16.4. The third kappa shape index (κ3) is 2.01. The van der Waals surface area contributed by atoms with Crippen LogP contribution in [0, 0.1) is 6.92 Å². The standard InChI is InChI=1S/C14H12N4O2/c1-9-13(14(19)20)16-17-18(9)8-10-6-7-15-12-5-3-2-4-11(10)12/h2-7H,8H2,1H3,(H,19,20). The van der Waals surface area contributed by atoms with Gasteiger partial charge in [-0.3, -0.25) is 4.98 Å². The smallest absolute Gasteiger partial charge is 0.358 e. The van der Waals surface area contributed by atoms with Crippen molar-refractivity contribution < 1.29 is 9.90 Å². The fourth-order valence-electron chi connectivity index (χ4n) is 2.16.